The van der Waals surface area contributed by atoms with Gasteiger partial charge in [-0.05, 0) is 37.5 Å². The van der Waals surface area contributed by atoms with Crippen LogP contribution in [0.15, 0.2) is 54.7 Å². The van der Waals surface area contributed by atoms with Gasteiger partial charge in [0.15, 0.2) is 0 Å². The number of rotatable bonds is 4. The Labute approximate surface area is 127 Å². The molecule has 1 fully saturated rings. The molecule has 1 unspecified atom stereocenters. The number of anilines is 1. The number of pyridine rings is 1. The first-order chi connectivity index (χ1) is 10.3. The van der Waals surface area contributed by atoms with Gasteiger partial charge in [0.2, 0.25) is 0 Å². The number of hydrogen-bond acceptors (Lipinski definition) is 3. The summed E-state index contributed by atoms with van der Waals surface area (Å²) in [6, 6.07) is 17.8. The highest BCUT2D eigenvalue weighted by Crippen LogP contribution is 2.20. The SMILES string of the molecule is CC(NC1CCN(c2ccccn2)CC1)c1ccccc1. The van der Waals surface area contributed by atoms with E-state index in [1.54, 1.807) is 0 Å². The van der Waals surface area contributed by atoms with Crippen molar-refractivity contribution in [2.75, 3.05) is 18.0 Å². The maximum atomic E-state index is 4.44. The molecule has 0 spiro atoms. The monoisotopic (exact) mass is 281 g/mol. The van der Waals surface area contributed by atoms with Crippen LogP contribution in [0.25, 0.3) is 0 Å². The van der Waals surface area contributed by atoms with Gasteiger partial charge in [0.05, 0.1) is 0 Å². The highest BCUT2D eigenvalue weighted by atomic mass is 15.2. The molecule has 2 aromatic rings. The summed E-state index contributed by atoms with van der Waals surface area (Å²) in [4.78, 5) is 6.82. The third kappa shape index (κ3) is 3.61. The molecule has 1 saturated heterocycles. The zero-order valence-corrected chi connectivity index (χ0v) is 12.6. The molecular weight excluding hydrogens is 258 g/mol. The molecule has 0 bridgehead atoms. The first-order valence-electron chi connectivity index (χ1n) is 7.80. The van der Waals surface area contributed by atoms with Crippen molar-refractivity contribution < 1.29 is 0 Å². The van der Waals surface area contributed by atoms with Crippen molar-refractivity contribution in [3.63, 3.8) is 0 Å². The molecule has 1 aromatic carbocycles. The van der Waals surface area contributed by atoms with Crippen LogP contribution < -0.4 is 10.2 Å². The molecule has 3 heteroatoms. The van der Waals surface area contributed by atoms with Crippen LogP contribution in [-0.4, -0.2) is 24.1 Å². The van der Waals surface area contributed by atoms with Gasteiger partial charge in [-0.15, -0.1) is 0 Å². The highest BCUT2D eigenvalue weighted by Gasteiger charge is 2.21. The summed E-state index contributed by atoms with van der Waals surface area (Å²) in [6.45, 7) is 4.41. The molecule has 0 aliphatic carbocycles. The lowest BCUT2D eigenvalue weighted by atomic mass is 10.0. The summed E-state index contributed by atoms with van der Waals surface area (Å²) in [5, 5.41) is 3.76. The second-order valence-corrected chi connectivity index (χ2v) is 5.75. The molecule has 110 valence electrons. The average Bonchev–Trinajstić information content (AvgIpc) is 2.57. The lowest BCUT2D eigenvalue weighted by molar-refractivity contribution is 0.380. The Kier molecular flexibility index (Phi) is 4.51. The van der Waals surface area contributed by atoms with E-state index in [9.17, 15) is 0 Å². The maximum Gasteiger partial charge on any atom is 0.128 e. The van der Waals surface area contributed by atoms with Gasteiger partial charge < -0.3 is 10.2 Å². The number of nitrogens with zero attached hydrogens (tertiary/aromatic N) is 2. The van der Waals surface area contributed by atoms with E-state index in [2.05, 4.69) is 64.6 Å². The minimum Gasteiger partial charge on any atom is -0.357 e. The third-order valence-electron chi connectivity index (χ3n) is 4.25. The van der Waals surface area contributed by atoms with E-state index in [-0.39, 0.29) is 0 Å². The highest BCUT2D eigenvalue weighted by molar-refractivity contribution is 5.38. The van der Waals surface area contributed by atoms with Crippen molar-refractivity contribution in [3.05, 3.63) is 60.3 Å². The lowest BCUT2D eigenvalue weighted by Gasteiger charge is -2.34. The van der Waals surface area contributed by atoms with E-state index in [0.717, 1.165) is 18.9 Å². The Balaban J connectivity index is 1.52. The van der Waals surface area contributed by atoms with Gasteiger partial charge in [-0.1, -0.05) is 36.4 Å². The van der Waals surface area contributed by atoms with Crippen LogP contribution in [0.2, 0.25) is 0 Å². The molecule has 0 amide bonds. The van der Waals surface area contributed by atoms with Crippen LogP contribution in [-0.2, 0) is 0 Å². The number of aromatic nitrogens is 1. The maximum absolute atomic E-state index is 4.44. The molecule has 1 aromatic heterocycles. The summed E-state index contributed by atoms with van der Waals surface area (Å²) < 4.78 is 0. The zero-order chi connectivity index (χ0) is 14.5. The van der Waals surface area contributed by atoms with Gasteiger partial charge >= 0.3 is 0 Å². The largest absolute Gasteiger partial charge is 0.357 e. The minimum atomic E-state index is 0.414. The average molecular weight is 281 g/mol. The third-order valence-corrected chi connectivity index (χ3v) is 4.25. The van der Waals surface area contributed by atoms with Gasteiger partial charge in [-0.25, -0.2) is 4.98 Å². The molecule has 1 N–H and O–H groups in total. The predicted molar refractivity (Wildman–Crippen MR) is 87.5 cm³/mol. The molecule has 3 rings (SSSR count). The molecule has 0 radical (unpaired) electrons. The first kappa shape index (κ1) is 14.1. The van der Waals surface area contributed by atoms with Crippen LogP contribution in [0.4, 0.5) is 5.82 Å². The number of benzene rings is 1. The Morgan fingerprint density at radius 2 is 1.76 bits per heavy atom. The fourth-order valence-electron chi connectivity index (χ4n) is 3.01. The summed E-state index contributed by atoms with van der Waals surface area (Å²) >= 11 is 0. The Bertz CT molecular complexity index is 533. The van der Waals surface area contributed by atoms with Crippen LogP contribution in [0.3, 0.4) is 0 Å². The van der Waals surface area contributed by atoms with E-state index in [1.165, 1.54) is 18.4 Å². The molecular formula is C18H23N3. The fourth-order valence-corrected chi connectivity index (χ4v) is 3.01. The Morgan fingerprint density at radius 3 is 2.43 bits per heavy atom. The molecule has 21 heavy (non-hydrogen) atoms. The predicted octanol–water partition coefficient (Wildman–Crippen LogP) is 3.40. The lowest BCUT2D eigenvalue weighted by Crippen LogP contribution is -2.43. The van der Waals surface area contributed by atoms with Gasteiger partial charge in [-0.3, -0.25) is 0 Å². The molecule has 1 aliphatic heterocycles. The van der Waals surface area contributed by atoms with E-state index in [0.29, 0.717) is 12.1 Å². The first-order valence-corrected chi connectivity index (χ1v) is 7.80. The summed E-state index contributed by atoms with van der Waals surface area (Å²) in [5.41, 5.74) is 1.37. The van der Waals surface area contributed by atoms with Crippen LogP contribution in [0.1, 0.15) is 31.4 Å². The summed E-state index contributed by atoms with van der Waals surface area (Å²) in [5.74, 6) is 1.10. The van der Waals surface area contributed by atoms with Crippen molar-refractivity contribution in [2.24, 2.45) is 0 Å². The molecule has 0 saturated carbocycles. The Morgan fingerprint density at radius 1 is 1.05 bits per heavy atom. The molecule has 2 heterocycles. The van der Waals surface area contributed by atoms with E-state index >= 15 is 0 Å². The van der Waals surface area contributed by atoms with Crippen LogP contribution in [0, 0.1) is 0 Å². The Hall–Kier alpha value is -1.87. The molecule has 1 atom stereocenters. The minimum absolute atomic E-state index is 0.414. The van der Waals surface area contributed by atoms with Crippen molar-refractivity contribution in [3.8, 4) is 0 Å². The number of nitrogens with one attached hydrogen (secondary N) is 1. The van der Waals surface area contributed by atoms with Gasteiger partial charge in [0.1, 0.15) is 5.82 Å². The van der Waals surface area contributed by atoms with Gasteiger partial charge in [-0.2, -0.15) is 0 Å². The fraction of sp³-hybridized carbons (Fsp3) is 0.389. The molecule has 1 aliphatic rings. The number of hydrogen-bond donors (Lipinski definition) is 1. The van der Waals surface area contributed by atoms with Gasteiger partial charge in [0.25, 0.3) is 0 Å². The van der Waals surface area contributed by atoms with E-state index < -0.39 is 0 Å². The normalized spacial score (nSPS) is 17.7. The topological polar surface area (TPSA) is 28.2 Å². The second-order valence-electron chi connectivity index (χ2n) is 5.75. The van der Waals surface area contributed by atoms with Crippen LogP contribution >= 0.6 is 0 Å². The van der Waals surface area contributed by atoms with Crippen LogP contribution in [0.5, 0.6) is 0 Å². The van der Waals surface area contributed by atoms with Crippen molar-refractivity contribution in [1.29, 1.82) is 0 Å². The van der Waals surface area contributed by atoms with Crippen molar-refractivity contribution >= 4 is 5.82 Å². The van der Waals surface area contributed by atoms with Gasteiger partial charge in [0, 0.05) is 31.4 Å². The smallest absolute Gasteiger partial charge is 0.128 e. The second kappa shape index (κ2) is 6.72. The standard InChI is InChI=1S/C18H23N3/c1-15(16-7-3-2-4-8-16)20-17-10-13-21(14-11-17)18-9-5-6-12-19-18/h2-9,12,15,17,20H,10-11,13-14H2,1H3. The van der Waals surface area contributed by atoms with E-state index in [4.69, 9.17) is 0 Å². The van der Waals surface area contributed by atoms with Crippen molar-refractivity contribution in [1.82, 2.24) is 10.3 Å². The number of piperidine rings is 1. The summed E-state index contributed by atoms with van der Waals surface area (Å²) in [6.07, 6.45) is 4.22. The van der Waals surface area contributed by atoms with E-state index in [1.807, 2.05) is 12.3 Å². The van der Waals surface area contributed by atoms with Crippen molar-refractivity contribution in [2.45, 2.75) is 31.8 Å². The quantitative estimate of drug-likeness (QED) is 0.931. The summed E-state index contributed by atoms with van der Waals surface area (Å²) in [7, 11) is 0. The zero-order valence-electron chi connectivity index (χ0n) is 12.6. The molecule has 3 nitrogen and oxygen atoms in total.